The molecule has 1 aliphatic heterocycles. The van der Waals surface area contributed by atoms with E-state index < -0.39 is 0 Å². The van der Waals surface area contributed by atoms with Gasteiger partial charge in [0.25, 0.3) is 0 Å². The van der Waals surface area contributed by atoms with Crippen LogP contribution in [0, 0.1) is 6.92 Å². The zero-order valence-electron chi connectivity index (χ0n) is 18.3. The number of carbonyl (C=O) groups is 1. The van der Waals surface area contributed by atoms with Crippen molar-refractivity contribution in [2.24, 2.45) is 0 Å². The summed E-state index contributed by atoms with van der Waals surface area (Å²) in [4.78, 5) is 15.6. The van der Waals surface area contributed by atoms with Gasteiger partial charge in [0.05, 0.1) is 6.04 Å². The molecule has 1 aliphatic rings. The minimum atomic E-state index is -0.305. The van der Waals surface area contributed by atoms with Crippen LogP contribution in [0.5, 0.6) is 0 Å². The Morgan fingerprint density at radius 3 is 2.35 bits per heavy atom. The molecular weight excluding hydrogens is 406 g/mol. The third-order valence-corrected chi connectivity index (χ3v) is 6.65. The standard InChI is InChI=1S/C24H29N5OS/c1-4-15-28(16-5-2)23(30)21-20(18-13-11-17(3)12-14-18)27-29-22(25-26-24(29)31-21)19-9-7-6-8-10-19/h6-14,20-21,27H,4-5,15-16H2,1-3H3. The number of thioether (sulfide) groups is 1. The quantitative estimate of drug-likeness (QED) is 0.585. The summed E-state index contributed by atoms with van der Waals surface area (Å²) in [7, 11) is 0. The highest BCUT2D eigenvalue weighted by Gasteiger charge is 2.39. The topological polar surface area (TPSA) is 63.1 Å². The molecule has 0 radical (unpaired) electrons. The molecule has 4 rings (SSSR count). The molecule has 0 bridgehead atoms. The van der Waals surface area contributed by atoms with E-state index in [-0.39, 0.29) is 17.2 Å². The number of fused-ring (bicyclic) bond motifs is 1. The van der Waals surface area contributed by atoms with Gasteiger partial charge in [-0.3, -0.25) is 4.79 Å². The van der Waals surface area contributed by atoms with Crippen LogP contribution in [-0.4, -0.2) is 44.0 Å². The summed E-state index contributed by atoms with van der Waals surface area (Å²) < 4.78 is 1.93. The van der Waals surface area contributed by atoms with E-state index >= 15 is 0 Å². The summed E-state index contributed by atoms with van der Waals surface area (Å²) in [6.45, 7) is 7.84. The van der Waals surface area contributed by atoms with Gasteiger partial charge in [0, 0.05) is 18.7 Å². The van der Waals surface area contributed by atoms with Crippen molar-refractivity contribution in [1.82, 2.24) is 19.8 Å². The Labute approximate surface area is 188 Å². The highest BCUT2D eigenvalue weighted by molar-refractivity contribution is 8.00. The lowest BCUT2D eigenvalue weighted by atomic mass is 10.0. The third-order valence-electron chi connectivity index (χ3n) is 5.45. The summed E-state index contributed by atoms with van der Waals surface area (Å²) in [6, 6.07) is 18.2. The van der Waals surface area contributed by atoms with Gasteiger partial charge in [-0.25, -0.2) is 4.68 Å². The minimum Gasteiger partial charge on any atom is -0.342 e. The van der Waals surface area contributed by atoms with Crippen LogP contribution in [0.15, 0.2) is 59.8 Å². The Balaban J connectivity index is 1.73. The number of nitrogens with zero attached hydrogens (tertiary/aromatic N) is 4. The summed E-state index contributed by atoms with van der Waals surface area (Å²) in [5.74, 6) is 0.910. The van der Waals surface area contributed by atoms with E-state index in [9.17, 15) is 4.79 Å². The molecule has 7 heteroatoms. The smallest absolute Gasteiger partial charge is 0.238 e. The maximum absolute atomic E-state index is 13.6. The zero-order valence-corrected chi connectivity index (χ0v) is 19.1. The molecule has 31 heavy (non-hydrogen) atoms. The van der Waals surface area contributed by atoms with Crippen LogP contribution in [0.2, 0.25) is 0 Å². The van der Waals surface area contributed by atoms with E-state index in [0.29, 0.717) is 5.16 Å². The van der Waals surface area contributed by atoms with Crippen molar-refractivity contribution in [2.75, 3.05) is 18.5 Å². The predicted molar refractivity (Wildman–Crippen MR) is 126 cm³/mol. The van der Waals surface area contributed by atoms with E-state index in [2.05, 4.69) is 60.7 Å². The van der Waals surface area contributed by atoms with Crippen molar-refractivity contribution in [3.63, 3.8) is 0 Å². The molecule has 1 amide bonds. The number of nitrogens with one attached hydrogen (secondary N) is 1. The first-order valence-electron chi connectivity index (χ1n) is 10.9. The lowest BCUT2D eigenvalue weighted by Crippen LogP contribution is -2.46. The first-order valence-corrected chi connectivity index (χ1v) is 11.8. The first kappa shape index (κ1) is 21.4. The Kier molecular flexibility index (Phi) is 6.61. The number of benzene rings is 2. The number of rotatable bonds is 7. The number of hydrogen-bond acceptors (Lipinski definition) is 5. The molecule has 0 fully saturated rings. The predicted octanol–water partition coefficient (Wildman–Crippen LogP) is 4.66. The van der Waals surface area contributed by atoms with Crippen molar-refractivity contribution in [2.45, 2.75) is 50.1 Å². The highest BCUT2D eigenvalue weighted by Crippen LogP contribution is 2.39. The average Bonchev–Trinajstić information content (AvgIpc) is 3.22. The van der Waals surface area contributed by atoms with Gasteiger partial charge in [-0.1, -0.05) is 85.8 Å². The SMILES string of the molecule is CCCN(CCC)C(=O)C1Sc2nnc(-c3ccccc3)n2NC1c1ccc(C)cc1. The fourth-order valence-electron chi connectivity index (χ4n) is 3.89. The van der Waals surface area contributed by atoms with Crippen LogP contribution in [0.1, 0.15) is 43.9 Å². The van der Waals surface area contributed by atoms with Gasteiger partial charge < -0.3 is 10.3 Å². The first-order chi connectivity index (χ1) is 15.1. The highest BCUT2D eigenvalue weighted by atomic mass is 32.2. The Hall–Kier alpha value is -2.80. The van der Waals surface area contributed by atoms with Gasteiger partial charge in [-0.2, -0.15) is 0 Å². The third kappa shape index (κ3) is 4.46. The van der Waals surface area contributed by atoms with E-state index in [1.54, 1.807) is 0 Å². The lowest BCUT2D eigenvalue weighted by molar-refractivity contribution is -0.131. The van der Waals surface area contributed by atoms with Crippen LogP contribution >= 0.6 is 11.8 Å². The fraction of sp³-hybridized carbons (Fsp3) is 0.375. The second kappa shape index (κ2) is 9.56. The maximum atomic E-state index is 13.6. The summed E-state index contributed by atoms with van der Waals surface area (Å²) in [5, 5.41) is 9.24. The van der Waals surface area contributed by atoms with Gasteiger partial charge in [0.1, 0.15) is 5.25 Å². The molecule has 2 unspecified atom stereocenters. The molecule has 2 atom stereocenters. The number of amides is 1. The number of aromatic nitrogens is 3. The van der Waals surface area contributed by atoms with Crippen molar-refractivity contribution in [3.05, 3.63) is 65.7 Å². The zero-order chi connectivity index (χ0) is 21.8. The Morgan fingerprint density at radius 2 is 1.71 bits per heavy atom. The molecule has 1 aromatic heterocycles. The molecule has 2 heterocycles. The second-order valence-electron chi connectivity index (χ2n) is 7.89. The summed E-state index contributed by atoms with van der Waals surface area (Å²) in [6.07, 6.45) is 1.89. The van der Waals surface area contributed by atoms with Gasteiger partial charge in [-0.05, 0) is 25.3 Å². The normalized spacial score (nSPS) is 17.6. The molecule has 3 aromatic rings. The van der Waals surface area contributed by atoms with E-state index in [1.807, 2.05) is 39.9 Å². The lowest BCUT2D eigenvalue weighted by Gasteiger charge is -2.36. The van der Waals surface area contributed by atoms with Crippen molar-refractivity contribution < 1.29 is 4.79 Å². The van der Waals surface area contributed by atoms with Crippen molar-refractivity contribution in [1.29, 1.82) is 0 Å². The second-order valence-corrected chi connectivity index (χ2v) is 9.00. The average molecular weight is 436 g/mol. The Bertz CT molecular complexity index is 1010. The van der Waals surface area contributed by atoms with Gasteiger partial charge in [0.15, 0.2) is 5.82 Å². The molecule has 0 spiro atoms. The number of carbonyl (C=O) groups excluding carboxylic acids is 1. The van der Waals surface area contributed by atoms with Crippen LogP contribution in [0.4, 0.5) is 0 Å². The van der Waals surface area contributed by atoms with Crippen molar-refractivity contribution >= 4 is 17.7 Å². The molecule has 2 aromatic carbocycles. The van der Waals surface area contributed by atoms with Crippen LogP contribution in [0.25, 0.3) is 11.4 Å². The summed E-state index contributed by atoms with van der Waals surface area (Å²) >= 11 is 1.50. The molecular formula is C24H29N5OS. The van der Waals surface area contributed by atoms with E-state index in [0.717, 1.165) is 42.9 Å². The van der Waals surface area contributed by atoms with Gasteiger partial charge in [0.2, 0.25) is 11.1 Å². The molecule has 1 N–H and O–H groups in total. The van der Waals surface area contributed by atoms with Crippen LogP contribution in [0.3, 0.4) is 0 Å². The van der Waals surface area contributed by atoms with Crippen LogP contribution < -0.4 is 5.43 Å². The molecule has 0 saturated heterocycles. The minimum absolute atomic E-state index is 0.155. The monoisotopic (exact) mass is 435 g/mol. The molecule has 6 nitrogen and oxygen atoms in total. The number of hydrogen-bond donors (Lipinski definition) is 1. The molecule has 0 saturated carbocycles. The Morgan fingerprint density at radius 1 is 1.03 bits per heavy atom. The van der Waals surface area contributed by atoms with Gasteiger partial charge in [-0.15, -0.1) is 10.2 Å². The number of aryl methyl sites for hydroxylation is 1. The van der Waals surface area contributed by atoms with Gasteiger partial charge >= 0.3 is 0 Å². The fourth-order valence-corrected chi connectivity index (χ4v) is 5.06. The summed E-state index contributed by atoms with van der Waals surface area (Å²) in [5.41, 5.74) is 6.84. The largest absolute Gasteiger partial charge is 0.342 e. The van der Waals surface area contributed by atoms with E-state index in [4.69, 9.17) is 0 Å². The van der Waals surface area contributed by atoms with Crippen molar-refractivity contribution in [3.8, 4) is 11.4 Å². The molecule has 0 aliphatic carbocycles. The maximum Gasteiger partial charge on any atom is 0.238 e. The van der Waals surface area contributed by atoms with E-state index in [1.165, 1.54) is 17.3 Å². The van der Waals surface area contributed by atoms with Crippen LogP contribution in [-0.2, 0) is 4.79 Å². The molecule has 162 valence electrons.